The van der Waals surface area contributed by atoms with Crippen LogP contribution in [-0.2, 0) is 4.74 Å². The van der Waals surface area contributed by atoms with Gasteiger partial charge >= 0.3 is 6.03 Å². The lowest BCUT2D eigenvalue weighted by atomic mass is 10.2. The van der Waals surface area contributed by atoms with Gasteiger partial charge in [-0.25, -0.2) is 4.79 Å². The van der Waals surface area contributed by atoms with Crippen LogP contribution in [0.3, 0.4) is 0 Å². The SMILES string of the molecule is Cc1c(O)cccc1NC(=O)NC1CCOC1. The number of phenols is 1. The van der Waals surface area contributed by atoms with E-state index in [1.807, 2.05) is 0 Å². The van der Waals surface area contributed by atoms with E-state index in [2.05, 4.69) is 10.6 Å². The summed E-state index contributed by atoms with van der Waals surface area (Å²) < 4.78 is 5.17. The number of phenolic OH excluding ortho intramolecular Hbond substituents is 1. The van der Waals surface area contributed by atoms with E-state index in [0.717, 1.165) is 6.42 Å². The minimum absolute atomic E-state index is 0.0765. The highest BCUT2D eigenvalue weighted by Crippen LogP contribution is 2.23. The second-order valence-corrected chi connectivity index (χ2v) is 4.11. The number of carbonyl (C=O) groups excluding carboxylic acids is 1. The Morgan fingerprint density at radius 3 is 3.06 bits per heavy atom. The lowest BCUT2D eigenvalue weighted by molar-refractivity contribution is 0.189. The molecule has 1 aliphatic heterocycles. The molecule has 2 rings (SSSR count). The van der Waals surface area contributed by atoms with E-state index in [-0.39, 0.29) is 17.8 Å². The number of hydrogen-bond donors (Lipinski definition) is 3. The summed E-state index contributed by atoms with van der Waals surface area (Å²) in [5.74, 6) is 0.173. The third-order valence-electron chi connectivity index (χ3n) is 2.82. The number of hydrogen-bond acceptors (Lipinski definition) is 3. The van der Waals surface area contributed by atoms with Gasteiger partial charge in [0.25, 0.3) is 0 Å². The van der Waals surface area contributed by atoms with Crippen molar-refractivity contribution in [3.05, 3.63) is 23.8 Å². The Hall–Kier alpha value is -1.75. The second kappa shape index (κ2) is 5.05. The molecule has 5 heteroatoms. The molecule has 1 aromatic carbocycles. The molecule has 1 saturated heterocycles. The molecule has 3 N–H and O–H groups in total. The van der Waals surface area contributed by atoms with Gasteiger partial charge in [-0.15, -0.1) is 0 Å². The summed E-state index contributed by atoms with van der Waals surface area (Å²) in [4.78, 5) is 11.7. The van der Waals surface area contributed by atoms with Crippen molar-refractivity contribution >= 4 is 11.7 Å². The molecule has 0 saturated carbocycles. The van der Waals surface area contributed by atoms with Gasteiger partial charge < -0.3 is 20.5 Å². The maximum atomic E-state index is 11.7. The number of anilines is 1. The van der Waals surface area contributed by atoms with Crippen molar-refractivity contribution in [2.75, 3.05) is 18.5 Å². The highest BCUT2D eigenvalue weighted by atomic mass is 16.5. The molecule has 17 heavy (non-hydrogen) atoms. The lowest BCUT2D eigenvalue weighted by Crippen LogP contribution is -2.38. The first-order chi connectivity index (χ1) is 8.16. The number of carbonyl (C=O) groups is 1. The van der Waals surface area contributed by atoms with E-state index in [1.165, 1.54) is 0 Å². The van der Waals surface area contributed by atoms with Crippen LogP contribution in [-0.4, -0.2) is 30.4 Å². The van der Waals surface area contributed by atoms with Crippen LogP contribution >= 0.6 is 0 Å². The predicted molar refractivity (Wildman–Crippen MR) is 64.2 cm³/mol. The molecule has 92 valence electrons. The smallest absolute Gasteiger partial charge is 0.319 e. The van der Waals surface area contributed by atoms with Crippen LogP contribution in [0.25, 0.3) is 0 Å². The highest BCUT2D eigenvalue weighted by molar-refractivity contribution is 5.90. The van der Waals surface area contributed by atoms with Crippen molar-refractivity contribution in [1.29, 1.82) is 0 Å². The molecule has 1 unspecified atom stereocenters. The van der Waals surface area contributed by atoms with Crippen molar-refractivity contribution < 1.29 is 14.6 Å². The Balaban J connectivity index is 1.95. The number of aromatic hydroxyl groups is 1. The summed E-state index contributed by atoms with van der Waals surface area (Å²) >= 11 is 0. The third kappa shape index (κ3) is 2.88. The largest absolute Gasteiger partial charge is 0.508 e. The van der Waals surface area contributed by atoms with Crippen molar-refractivity contribution in [2.45, 2.75) is 19.4 Å². The molecule has 2 amide bonds. The first kappa shape index (κ1) is 11.7. The number of ether oxygens (including phenoxy) is 1. The van der Waals surface area contributed by atoms with E-state index in [4.69, 9.17) is 4.74 Å². The van der Waals surface area contributed by atoms with Crippen LogP contribution in [0.5, 0.6) is 5.75 Å². The zero-order valence-electron chi connectivity index (χ0n) is 9.69. The van der Waals surface area contributed by atoms with Gasteiger partial charge in [0.1, 0.15) is 5.75 Å². The van der Waals surface area contributed by atoms with Crippen LogP contribution in [0.2, 0.25) is 0 Å². The maximum Gasteiger partial charge on any atom is 0.319 e. The summed E-state index contributed by atoms with van der Waals surface area (Å²) in [5.41, 5.74) is 1.27. The number of amides is 2. The Labute approximate surface area is 99.8 Å². The van der Waals surface area contributed by atoms with Crippen molar-refractivity contribution in [1.82, 2.24) is 5.32 Å². The third-order valence-corrected chi connectivity index (χ3v) is 2.82. The first-order valence-electron chi connectivity index (χ1n) is 5.60. The minimum Gasteiger partial charge on any atom is -0.508 e. The Morgan fingerprint density at radius 1 is 1.53 bits per heavy atom. The van der Waals surface area contributed by atoms with E-state index >= 15 is 0 Å². The van der Waals surface area contributed by atoms with Gasteiger partial charge in [-0.1, -0.05) is 6.07 Å². The summed E-state index contributed by atoms with van der Waals surface area (Å²) in [6, 6.07) is 4.83. The fraction of sp³-hybridized carbons (Fsp3) is 0.417. The molecule has 1 fully saturated rings. The molecule has 1 atom stereocenters. The standard InChI is InChI=1S/C12H16N2O3/c1-8-10(3-2-4-11(8)15)14-12(16)13-9-5-6-17-7-9/h2-4,9,15H,5-7H2,1H3,(H2,13,14,16). The van der Waals surface area contributed by atoms with Crippen LogP contribution in [0.15, 0.2) is 18.2 Å². The molecular formula is C12H16N2O3. The summed E-state index contributed by atoms with van der Waals surface area (Å²) in [7, 11) is 0. The average Bonchev–Trinajstić information content (AvgIpc) is 2.77. The van der Waals surface area contributed by atoms with Crippen LogP contribution in [0.1, 0.15) is 12.0 Å². The fourth-order valence-electron chi connectivity index (χ4n) is 1.75. The molecule has 5 nitrogen and oxygen atoms in total. The molecule has 0 aromatic heterocycles. The maximum absolute atomic E-state index is 11.7. The molecule has 1 heterocycles. The predicted octanol–water partition coefficient (Wildman–Crippen LogP) is 1.61. The summed E-state index contributed by atoms with van der Waals surface area (Å²) in [5, 5.41) is 15.0. The lowest BCUT2D eigenvalue weighted by Gasteiger charge is -2.13. The van der Waals surface area contributed by atoms with Crippen molar-refractivity contribution in [3.8, 4) is 5.75 Å². The molecule has 0 radical (unpaired) electrons. The average molecular weight is 236 g/mol. The van der Waals surface area contributed by atoms with E-state index in [1.54, 1.807) is 25.1 Å². The zero-order valence-corrected chi connectivity index (χ0v) is 9.69. The van der Waals surface area contributed by atoms with Gasteiger partial charge in [0.2, 0.25) is 0 Å². The highest BCUT2D eigenvalue weighted by Gasteiger charge is 2.18. The van der Waals surface area contributed by atoms with Crippen LogP contribution in [0.4, 0.5) is 10.5 Å². The molecule has 0 aliphatic carbocycles. The van der Waals surface area contributed by atoms with Gasteiger partial charge in [-0.05, 0) is 25.5 Å². The Bertz CT molecular complexity index is 414. The van der Waals surface area contributed by atoms with Crippen LogP contribution in [0, 0.1) is 6.92 Å². The second-order valence-electron chi connectivity index (χ2n) is 4.11. The van der Waals surface area contributed by atoms with E-state index < -0.39 is 0 Å². The number of urea groups is 1. The van der Waals surface area contributed by atoms with Crippen molar-refractivity contribution in [2.24, 2.45) is 0 Å². The molecule has 1 aliphatic rings. The van der Waals surface area contributed by atoms with Gasteiger partial charge in [0.15, 0.2) is 0 Å². The minimum atomic E-state index is -0.269. The normalized spacial score (nSPS) is 19.0. The van der Waals surface area contributed by atoms with Gasteiger partial charge in [-0.2, -0.15) is 0 Å². The van der Waals surface area contributed by atoms with Crippen LogP contribution < -0.4 is 10.6 Å². The first-order valence-corrected chi connectivity index (χ1v) is 5.60. The Morgan fingerprint density at radius 2 is 2.35 bits per heavy atom. The number of rotatable bonds is 2. The number of benzene rings is 1. The molecule has 0 spiro atoms. The zero-order chi connectivity index (χ0) is 12.3. The van der Waals surface area contributed by atoms with Gasteiger partial charge in [0, 0.05) is 17.9 Å². The van der Waals surface area contributed by atoms with E-state index in [9.17, 15) is 9.90 Å². The van der Waals surface area contributed by atoms with Crippen molar-refractivity contribution in [3.63, 3.8) is 0 Å². The molecule has 1 aromatic rings. The summed E-state index contributed by atoms with van der Waals surface area (Å²) in [6.07, 6.45) is 0.840. The fourth-order valence-corrected chi connectivity index (χ4v) is 1.75. The molecule has 0 bridgehead atoms. The summed E-state index contributed by atoms with van der Waals surface area (Å²) in [6.45, 7) is 3.01. The Kier molecular flexibility index (Phi) is 3.49. The quantitative estimate of drug-likeness (QED) is 0.730. The van der Waals surface area contributed by atoms with Gasteiger partial charge in [-0.3, -0.25) is 0 Å². The molecular weight excluding hydrogens is 220 g/mol. The van der Waals surface area contributed by atoms with Gasteiger partial charge in [0.05, 0.1) is 12.6 Å². The monoisotopic (exact) mass is 236 g/mol. The van der Waals surface area contributed by atoms with E-state index in [0.29, 0.717) is 24.5 Å². The number of nitrogens with one attached hydrogen (secondary N) is 2. The topological polar surface area (TPSA) is 70.6 Å².